The van der Waals surface area contributed by atoms with E-state index in [0.717, 1.165) is 16.8 Å². The summed E-state index contributed by atoms with van der Waals surface area (Å²) >= 11 is 12.0. The molecule has 3 aromatic rings. The molecular formula is C20H16Cl2N2O3. The third-order valence-corrected chi connectivity index (χ3v) is 4.38. The van der Waals surface area contributed by atoms with Crippen molar-refractivity contribution in [1.82, 2.24) is 0 Å². The van der Waals surface area contributed by atoms with Crippen LogP contribution in [0.5, 0.6) is 5.75 Å². The van der Waals surface area contributed by atoms with Gasteiger partial charge in [-0.3, -0.25) is 10.1 Å². The molecule has 0 aliphatic rings. The molecule has 0 saturated carbocycles. The maximum absolute atomic E-state index is 10.7. The Morgan fingerprint density at radius 3 is 2.26 bits per heavy atom. The fraction of sp³-hybridized carbons (Fsp3) is 0.100. The van der Waals surface area contributed by atoms with Crippen LogP contribution in [0.1, 0.15) is 11.1 Å². The van der Waals surface area contributed by atoms with Crippen LogP contribution in [-0.4, -0.2) is 4.92 Å². The van der Waals surface area contributed by atoms with Crippen LogP contribution in [0.3, 0.4) is 0 Å². The predicted octanol–water partition coefficient (Wildman–Crippen LogP) is 6.09. The van der Waals surface area contributed by atoms with E-state index in [2.05, 4.69) is 5.32 Å². The Bertz CT molecular complexity index is 929. The van der Waals surface area contributed by atoms with Crippen molar-refractivity contribution in [3.8, 4) is 5.75 Å². The van der Waals surface area contributed by atoms with E-state index < -0.39 is 4.92 Å². The molecule has 0 spiro atoms. The van der Waals surface area contributed by atoms with Gasteiger partial charge < -0.3 is 10.1 Å². The number of rotatable bonds is 7. The molecule has 0 saturated heterocycles. The number of nitro groups is 1. The van der Waals surface area contributed by atoms with Gasteiger partial charge in [0.2, 0.25) is 0 Å². The number of anilines is 1. The predicted molar refractivity (Wildman–Crippen MR) is 108 cm³/mol. The molecule has 0 heterocycles. The number of hydrogen-bond acceptors (Lipinski definition) is 4. The van der Waals surface area contributed by atoms with E-state index in [9.17, 15) is 10.1 Å². The topological polar surface area (TPSA) is 64.4 Å². The largest absolute Gasteiger partial charge is 0.489 e. The van der Waals surface area contributed by atoms with Gasteiger partial charge in [-0.2, -0.15) is 0 Å². The second kappa shape index (κ2) is 8.75. The number of halogens is 2. The van der Waals surface area contributed by atoms with E-state index in [1.54, 1.807) is 18.2 Å². The van der Waals surface area contributed by atoms with Gasteiger partial charge in [0.25, 0.3) is 5.69 Å². The Kier molecular flexibility index (Phi) is 6.16. The average molecular weight is 403 g/mol. The molecule has 5 nitrogen and oxygen atoms in total. The summed E-state index contributed by atoms with van der Waals surface area (Å²) < 4.78 is 5.90. The second-order valence-corrected chi connectivity index (χ2v) is 6.70. The zero-order chi connectivity index (χ0) is 19.2. The first-order chi connectivity index (χ1) is 13.0. The van der Waals surface area contributed by atoms with Gasteiger partial charge in [-0.25, -0.2) is 0 Å². The fourth-order valence-corrected chi connectivity index (χ4v) is 2.79. The number of hydrogen-bond donors (Lipinski definition) is 1. The summed E-state index contributed by atoms with van der Waals surface area (Å²) in [6.45, 7) is 0.825. The molecule has 1 N–H and O–H groups in total. The highest BCUT2D eigenvalue weighted by Crippen LogP contribution is 2.25. The van der Waals surface area contributed by atoms with Crippen LogP contribution in [0.15, 0.2) is 66.7 Å². The standard InChI is InChI=1S/C20H16Cl2N2O3/c21-16-3-6-18(7-4-16)23-12-15-11-17(22)5-10-20(15)27-13-14-1-8-19(9-2-14)24(25)26/h1-11,23H,12-13H2. The second-order valence-electron chi connectivity index (χ2n) is 5.82. The number of ether oxygens (including phenoxy) is 1. The minimum absolute atomic E-state index is 0.0538. The maximum Gasteiger partial charge on any atom is 0.269 e. The quantitative estimate of drug-likeness (QED) is 0.383. The SMILES string of the molecule is O=[N+]([O-])c1ccc(COc2ccc(Cl)cc2CNc2ccc(Cl)cc2)cc1. The lowest BCUT2D eigenvalue weighted by Gasteiger charge is -2.13. The van der Waals surface area contributed by atoms with Gasteiger partial charge >= 0.3 is 0 Å². The van der Waals surface area contributed by atoms with E-state index in [-0.39, 0.29) is 5.69 Å². The first-order valence-electron chi connectivity index (χ1n) is 8.15. The molecule has 0 fully saturated rings. The van der Waals surface area contributed by atoms with Crippen molar-refractivity contribution >= 4 is 34.6 Å². The summed E-state index contributed by atoms with van der Waals surface area (Å²) in [5, 5.41) is 15.3. The lowest BCUT2D eigenvalue weighted by molar-refractivity contribution is -0.384. The summed E-state index contributed by atoms with van der Waals surface area (Å²) in [6.07, 6.45) is 0. The van der Waals surface area contributed by atoms with Crippen LogP contribution in [0.25, 0.3) is 0 Å². The van der Waals surface area contributed by atoms with Crippen molar-refractivity contribution in [1.29, 1.82) is 0 Å². The Morgan fingerprint density at radius 2 is 1.59 bits per heavy atom. The third kappa shape index (κ3) is 5.36. The molecule has 0 aromatic heterocycles. The van der Waals surface area contributed by atoms with Gasteiger partial charge in [-0.05, 0) is 60.2 Å². The van der Waals surface area contributed by atoms with Crippen molar-refractivity contribution in [2.45, 2.75) is 13.2 Å². The summed E-state index contributed by atoms with van der Waals surface area (Å²) in [5.74, 6) is 0.694. The normalized spacial score (nSPS) is 10.4. The van der Waals surface area contributed by atoms with Crippen LogP contribution < -0.4 is 10.1 Å². The number of nitrogens with one attached hydrogen (secondary N) is 1. The summed E-state index contributed by atoms with van der Waals surface area (Å²) in [4.78, 5) is 10.3. The lowest BCUT2D eigenvalue weighted by atomic mass is 10.2. The zero-order valence-electron chi connectivity index (χ0n) is 14.2. The van der Waals surface area contributed by atoms with Gasteiger partial charge in [0.05, 0.1) is 4.92 Å². The van der Waals surface area contributed by atoms with Crippen LogP contribution >= 0.6 is 23.2 Å². The van der Waals surface area contributed by atoms with Crippen molar-refractivity contribution in [3.05, 3.63) is 98.0 Å². The minimum Gasteiger partial charge on any atom is -0.489 e. The van der Waals surface area contributed by atoms with Gasteiger partial charge in [0.1, 0.15) is 12.4 Å². The summed E-state index contributed by atoms with van der Waals surface area (Å²) in [6, 6.07) is 19.1. The molecule has 7 heteroatoms. The van der Waals surface area contributed by atoms with E-state index in [0.29, 0.717) is 28.9 Å². The number of non-ortho nitro benzene ring substituents is 1. The summed E-state index contributed by atoms with van der Waals surface area (Å²) in [5.41, 5.74) is 2.73. The molecule has 138 valence electrons. The number of benzene rings is 3. The Hall–Kier alpha value is -2.76. The molecule has 0 aliphatic carbocycles. The number of nitrogens with zero attached hydrogens (tertiary/aromatic N) is 1. The highest BCUT2D eigenvalue weighted by molar-refractivity contribution is 6.31. The van der Waals surface area contributed by atoms with Gasteiger partial charge in [0, 0.05) is 40.0 Å². The van der Waals surface area contributed by atoms with Gasteiger partial charge in [-0.1, -0.05) is 23.2 Å². The molecule has 3 aromatic carbocycles. The third-order valence-electron chi connectivity index (χ3n) is 3.89. The Balaban J connectivity index is 1.67. The van der Waals surface area contributed by atoms with Gasteiger partial charge in [-0.15, -0.1) is 0 Å². The molecule has 3 rings (SSSR count). The first kappa shape index (κ1) is 19.0. The van der Waals surface area contributed by atoms with E-state index in [1.165, 1.54) is 12.1 Å². The van der Waals surface area contributed by atoms with Crippen molar-refractivity contribution in [3.63, 3.8) is 0 Å². The van der Waals surface area contributed by atoms with Crippen molar-refractivity contribution in [2.24, 2.45) is 0 Å². The maximum atomic E-state index is 10.7. The van der Waals surface area contributed by atoms with Crippen LogP contribution in [0.2, 0.25) is 10.0 Å². The molecule has 0 atom stereocenters. The zero-order valence-corrected chi connectivity index (χ0v) is 15.7. The number of nitro benzene ring substituents is 1. The fourth-order valence-electron chi connectivity index (χ4n) is 2.47. The van der Waals surface area contributed by atoms with E-state index in [1.807, 2.05) is 36.4 Å². The highest BCUT2D eigenvalue weighted by Gasteiger charge is 2.08. The van der Waals surface area contributed by atoms with E-state index in [4.69, 9.17) is 27.9 Å². The molecule has 0 aliphatic heterocycles. The van der Waals surface area contributed by atoms with Crippen molar-refractivity contribution < 1.29 is 9.66 Å². The van der Waals surface area contributed by atoms with Crippen LogP contribution in [-0.2, 0) is 13.2 Å². The Labute approximate surface area is 166 Å². The van der Waals surface area contributed by atoms with Crippen LogP contribution in [0.4, 0.5) is 11.4 Å². The summed E-state index contributed by atoms with van der Waals surface area (Å²) in [7, 11) is 0. The first-order valence-corrected chi connectivity index (χ1v) is 8.91. The lowest BCUT2D eigenvalue weighted by Crippen LogP contribution is -2.04. The molecule has 0 amide bonds. The average Bonchev–Trinajstić information content (AvgIpc) is 2.67. The van der Waals surface area contributed by atoms with E-state index >= 15 is 0 Å². The van der Waals surface area contributed by atoms with Crippen molar-refractivity contribution in [2.75, 3.05) is 5.32 Å². The smallest absolute Gasteiger partial charge is 0.269 e. The molecule has 0 bridgehead atoms. The minimum atomic E-state index is -0.426. The Morgan fingerprint density at radius 1 is 0.926 bits per heavy atom. The molecule has 0 radical (unpaired) electrons. The highest BCUT2D eigenvalue weighted by atomic mass is 35.5. The monoisotopic (exact) mass is 402 g/mol. The van der Waals surface area contributed by atoms with Gasteiger partial charge in [0.15, 0.2) is 0 Å². The molecule has 0 unspecified atom stereocenters. The molecule has 27 heavy (non-hydrogen) atoms. The van der Waals surface area contributed by atoms with Crippen LogP contribution in [0, 0.1) is 10.1 Å². The molecular weight excluding hydrogens is 387 g/mol.